The summed E-state index contributed by atoms with van der Waals surface area (Å²) in [5.74, 6) is 0.661. The van der Waals surface area contributed by atoms with Crippen molar-refractivity contribution in [2.75, 3.05) is 28.6 Å². The Morgan fingerprint density at radius 1 is 0.810 bits per heavy atom. The van der Waals surface area contributed by atoms with Crippen LogP contribution in [0.1, 0.15) is 64.1 Å². The van der Waals surface area contributed by atoms with Crippen LogP contribution in [0.15, 0.2) is 42.2 Å². The molecule has 0 unspecified atom stereocenters. The molecule has 2 heterocycles. The van der Waals surface area contributed by atoms with Gasteiger partial charge in [-0.05, 0) is 81.5 Å². The van der Waals surface area contributed by atoms with Crippen LogP contribution in [0.2, 0.25) is 20.1 Å². The van der Waals surface area contributed by atoms with Crippen molar-refractivity contribution < 1.29 is 13.0 Å². The van der Waals surface area contributed by atoms with Gasteiger partial charge in [0.15, 0.2) is 0 Å². The zero-order valence-electron chi connectivity index (χ0n) is 24.1. The van der Waals surface area contributed by atoms with E-state index < -0.39 is 10.1 Å². The molecule has 1 N–H and O–H groups in total. The molecule has 0 radical (unpaired) electrons. The maximum absolute atomic E-state index is 11.3. The van der Waals surface area contributed by atoms with Crippen molar-refractivity contribution in [3.05, 3.63) is 73.6 Å². The monoisotopic (exact) mass is 671 g/mol. The highest BCUT2D eigenvalue weighted by Gasteiger charge is 2.31. The van der Waals surface area contributed by atoms with Crippen molar-refractivity contribution >= 4 is 84.9 Å². The van der Waals surface area contributed by atoms with Gasteiger partial charge in [0.1, 0.15) is 5.82 Å². The number of allylic oxidation sites excluding steroid dienone is 2. The minimum atomic E-state index is -4.01. The lowest BCUT2D eigenvalue weighted by molar-refractivity contribution is 0.480. The van der Waals surface area contributed by atoms with Gasteiger partial charge in [-0.1, -0.05) is 72.2 Å². The number of hydrogen-bond donors (Lipinski definition) is 1. The summed E-state index contributed by atoms with van der Waals surface area (Å²) in [6, 6.07) is 7.66. The molecular formula is C31H37Cl4N3O3S. The molecule has 6 nitrogen and oxygen atoms in total. The molecule has 0 bridgehead atoms. The van der Waals surface area contributed by atoms with E-state index in [1.807, 2.05) is 24.3 Å². The second-order valence-electron chi connectivity index (χ2n) is 10.4. The number of hydrogen-bond acceptors (Lipinski definition) is 4. The second-order valence-corrected chi connectivity index (χ2v) is 13.6. The Bertz CT molecular complexity index is 1620. The molecule has 2 aromatic carbocycles. The van der Waals surface area contributed by atoms with Crippen molar-refractivity contribution in [3.8, 4) is 0 Å². The predicted molar refractivity (Wildman–Crippen MR) is 180 cm³/mol. The highest BCUT2D eigenvalue weighted by molar-refractivity contribution is 7.85. The number of aryl methyl sites for hydroxylation is 2. The molecule has 0 saturated carbocycles. The summed E-state index contributed by atoms with van der Waals surface area (Å²) in [6.45, 7) is 8.42. The number of unbranched alkanes of at least 4 members (excludes halogenated alkanes) is 3. The van der Waals surface area contributed by atoms with Crippen LogP contribution in [0.3, 0.4) is 0 Å². The van der Waals surface area contributed by atoms with Gasteiger partial charge in [0.05, 0.1) is 42.7 Å². The average Bonchev–Trinajstić information content (AvgIpc) is 3.37. The SMILES string of the molecule is CCCCCc1c(/C=C/C=C2\N(CC)c3cc(Cl)c(Cl)cc3N2CCCCS(=O)(=O)O)n(CC)c2cc(Cl)c(Cl)cc12. The Morgan fingerprint density at radius 3 is 2.07 bits per heavy atom. The molecule has 0 spiro atoms. The van der Waals surface area contributed by atoms with Crippen LogP contribution in [0, 0.1) is 0 Å². The zero-order valence-corrected chi connectivity index (χ0v) is 28.0. The molecule has 1 aromatic heterocycles. The molecule has 0 amide bonds. The van der Waals surface area contributed by atoms with Crippen molar-refractivity contribution in [1.29, 1.82) is 0 Å². The molecule has 1 aliphatic rings. The molecule has 0 aliphatic carbocycles. The van der Waals surface area contributed by atoms with Crippen LogP contribution < -0.4 is 9.80 Å². The van der Waals surface area contributed by atoms with E-state index in [0.717, 1.165) is 66.0 Å². The smallest absolute Gasteiger partial charge is 0.264 e. The summed E-state index contributed by atoms with van der Waals surface area (Å²) in [4.78, 5) is 4.30. The Balaban J connectivity index is 1.76. The summed E-state index contributed by atoms with van der Waals surface area (Å²) in [6.07, 6.45) is 11.5. The van der Waals surface area contributed by atoms with E-state index in [1.165, 1.54) is 5.56 Å². The molecule has 228 valence electrons. The number of nitrogens with zero attached hydrogens (tertiary/aromatic N) is 3. The summed E-state index contributed by atoms with van der Waals surface area (Å²) in [5, 5.41) is 3.14. The number of rotatable bonds is 13. The topological polar surface area (TPSA) is 65.8 Å². The minimum absolute atomic E-state index is 0.276. The fourth-order valence-electron chi connectivity index (χ4n) is 5.66. The van der Waals surface area contributed by atoms with Gasteiger partial charge in [0, 0.05) is 30.7 Å². The third kappa shape index (κ3) is 7.25. The van der Waals surface area contributed by atoms with Gasteiger partial charge in [-0.3, -0.25) is 4.55 Å². The third-order valence-corrected chi connectivity index (χ3v) is 9.85. The normalized spacial score (nSPS) is 14.7. The minimum Gasteiger partial charge on any atom is -0.341 e. The summed E-state index contributed by atoms with van der Waals surface area (Å²) < 4.78 is 34.0. The lowest BCUT2D eigenvalue weighted by atomic mass is 10.0. The molecule has 4 rings (SSSR count). The van der Waals surface area contributed by atoms with E-state index in [1.54, 1.807) is 0 Å². The first-order chi connectivity index (χ1) is 20.0. The maximum atomic E-state index is 11.3. The van der Waals surface area contributed by atoms with E-state index in [0.29, 0.717) is 46.0 Å². The van der Waals surface area contributed by atoms with Gasteiger partial charge >= 0.3 is 0 Å². The van der Waals surface area contributed by atoms with Crippen molar-refractivity contribution in [3.63, 3.8) is 0 Å². The standard InChI is InChI=1S/C31H37Cl4N3O3S/c1-4-7-8-12-21-22-17-23(32)24(33)18-28(22)36(5-2)27(21)13-11-14-31-37(6-3)29-19-25(34)26(35)20-30(29)38(31)15-9-10-16-42(39,40)41/h11,13-14,17-20H,4-10,12,15-16H2,1-3H3,(H,39,40,41)/b13-11+,31-14+. The Kier molecular flexibility index (Phi) is 11.2. The average molecular weight is 674 g/mol. The molecular weight excluding hydrogens is 636 g/mol. The van der Waals surface area contributed by atoms with Gasteiger partial charge in [-0.15, -0.1) is 0 Å². The van der Waals surface area contributed by atoms with Crippen molar-refractivity contribution in [1.82, 2.24) is 4.57 Å². The van der Waals surface area contributed by atoms with Crippen molar-refractivity contribution in [2.45, 2.75) is 65.8 Å². The van der Waals surface area contributed by atoms with E-state index in [9.17, 15) is 13.0 Å². The molecule has 0 fully saturated rings. The molecule has 3 aromatic rings. The van der Waals surface area contributed by atoms with Gasteiger partial charge in [0.2, 0.25) is 0 Å². The first kappa shape index (κ1) is 33.0. The van der Waals surface area contributed by atoms with Gasteiger partial charge < -0.3 is 14.4 Å². The van der Waals surface area contributed by atoms with Crippen LogP contribution in [0.5, 0.6) is 0 Å². The Labute approximate surface area is 269 Å². The van der Waals surface area contributed by atoms with E-state index in [4.69, 9.17) is 46.4 Å². The van der Waals surface area contributed by atoms with E-state index in [-0.39, 0.29) is 5.75 Å². The number of aromatic nitrogens is 1. The molecule has 0 atom stereocenters. The van der Waals surface area contributed by atoms with Crippen LogP contribution in [-0.2, 0) is 23.1 Å². The first-order valence-corrected chi connectivity index (χ1v) is 17.5. The maximum Gasteiger partial charge on any atom is 0.264 e. The first-order valence-electron chi connectivity index (χ1n) is 14.4. The number of benzene rings is 2. The van der Waals surface area contributed by atoms with Gasteiger partial charge in [-0.2, -0.15) is 8.42 Å². The fourth-order valence-corrected chi connectivity index (χ4v) is 6.86. The lowest BCUT2D eigenvalue weighted by Crippen LogP contribution is -2.29. The third-order valence-electron chi connectivity index (χ3n) is 7.60. The summed E-state index contributed by atoms with van der Waals surface area (Å²) in [5.41, 5.74) is 5.30. The number of anilines is 2. The fraction of sp³-hybridized carbons (Fsp3) is 0.419. The second kappa shape index (κ2) is 14.3. The molecule has 0 saturated heterocycles. The van der Waals surface area contributed by atoms with Crippen molar-refractivity contribution in [2.24, 2.45) is 0 Å². The van der Waals surface area contributed by atoms with E-state index >= 15 is 0 Å². The van der Waals surface area contributed by atoms with E-state index in [2.05, 4.69) is 53.4 Å². The summed E-state index contributed by atoms with van der Waals surface area (Å²) >= 11 is 25.7. The number of halogens is 4. The lowest BCUT2D eigenvalue weighted by Gasteiger charge is -2.24. The van der Waals surface area contributed by atoms with Crippen LogP contribution in [0.4, 0.5) is 11.4 Å². The Morgan fingerprint density at radius 2 is 1.45 bits per heavy atom. The zero-order chi connectivity index (χ0) is 30.6. The van der Waals surface area contributed by atoms with Gasteiger partial charge in [0.25, 0.3) is 10.1 Å². The summed E-state index contributed by atoms with van der Waals surface area (Å²) in [7, 11) is -4.01. The highest BCUT2D eigenvalue weighted by Crippen LogP contribution is 2.45. The van der Waals surface area contributed by atoms with Crippen LogP contribution >= 0.6 is 46.4 Å². The molecule has 11 heteroatoms. The quantitative estimate of drug-likeness (QED) is 0.145. The predicted octanol–water partition coefficient (Wildman–Crippen LogP) is 9.88. The van der Waals surface area contributed by atoms with Crippen LogP contribution in [-0.4, -0.2) is 36.4 Å². The molecule has 42 heavy (non-hydrogen) atoms. The van der Waals surface area contributed by atoms with Crippen LogP contribution in [0.25, 0.3) is 17.0 Å². The Hall–Kier alpha value is -1.87. The number of fused-ring (bicyclic) bond motifs is 2. The largest absolute Gasteiger partial charge is 0.341 e. The van der Waals surface area contributed by atoms with Gasteiger partial charge in [-0.25, -0.2) is 0 Å². The highest BCUT2D eigenvalue weighted by atomic mass is 35.5. The molecule has 1 aliphatic heterocycles.